The third kappa shape index (κ3) is 5.02. The average Bonchev–Trinajstić information content (AvgIpc) is 2.56. The molecule has 0 aliphatic rings. The maximum atomic E-state index is 12.0. The van der Waals surface area contributed by atoms with Crippen LogP contribution in [-0.4, -0.2) is 25.2 Å². The van der Waals surface area contributed by atoms with Gasteiger partial charge in [-0.25, -0.2) is 0 Å². The summed E-state index contributed by atoms with van der Waals surface area (Å²) in [5.41, 5.74) is 2.32. The minimum atomic E-state index is -0.543. The lowest BCUT2D eigenvalue weighted by Crippen LogP contribution is -2.38. The molecule has 2 aromatic rings. The van der Waals surface area contributed by atoms with Crippen LogP contribution in [0.1, 0.15) is 18.1 Å². The number of aryl methyl sites for hydroxylation is 1. The van der Waals surface area contributed by atoms with Crippen molar-refractivity contribution >= 4 is 5.91 Å². The number of rotatable bonds is 7. The van der Waals surface area contributed by atoms with Crippen LogP contribution in [0.2, 0.25) is 0 Å². The van der Waals surface area contributed by atoms with E-state index >= 15 is 0 Å². The highest BCUT2D eigenvalue weighted by Gasteiger charge is 2.13. The van der Waals surface area contributed by atoms with Crippen molar-refractivity contribution in [2.24, 2.45) is 0 Å². The molecule has 0 radical (unpaired) electrons. The van der Waals surface area contributed by atoms with Gasteiger partial charge in [0, 0.05) is 0 Å². The van der Waals surface area contributed by atoms with Crippen molar-refractivity contribution in [3.63, 3.8) is 0 Å². The number of carbonyl (C=O) groups excluding carboxylic acids is 1. The van der Waals surface area contributed by atoms with Crippen LogP contribution >= 0.6 is 0 Å². The average molecular weight is 313 g/mol. The SMILES string of the molecule is Cc1cccc(OCCNC(=O)[C@H](C)Oc2ccccc2)c1C. The molecular weight excluding hydrogens is 290 g/mol. The highest BCUT2D eigenvalue weighted by atomic mass is 16.5. The van der Waals surface area contributed by atoms with Crippen LogP contribution in [0.15, 0.2) is 48.5 Å². The fourth-order valence-electron chi connectivity index (χ4n) is 2.12. The standard InChI is InChI=1S/C19H23NO3/c1-14-8-7-11-18(15(14)2)22-13-12-20-19(21)16(3)23-17-9-5-4-6-10-17/h4-11,16H,12-13H2,1-3H3,(H,20,21)/t16-/m0/s1. The number of ether oxygens (including phenoxy) is 2. The fraction of sp³-hybridized carbons (Fsp3) is 0.316. The van der Waals surface area contributed by atoms with E-state index in [0.717, 1.165) is 11.3 Å². The number of benzene rings is 2. The molecule has 0 bridgehead atoms. The molecule has 0 saturated carbocycles. The van der Waals surface area contributed by atoms with Crippen molar-refractivity contribution in [1.82, 2.24) is 5.32 Å². The molecule has 4 heteroatoms. The molecule has 0 heterocycles. The van der Waals surface area contributed by atoms with Crippen LogP contribution in [0.25, 0.3) is 0 Å². The molecule has 1 atom stereocenters. The molecule has 2 rings (SSSR count). The van der Waals surface area contributed by atoms with Crippen LogP contribution < -0.4 is 14.8 Å². The molecule has 0 spiro atoms. The maximum absolute atomic E-state index is 12.0. The van der Waals surface area contributed by atoms with Crippen LogP contribution in [0.3, 0.4) is 0 Å². The summed E-state index contributed by atoms with van der Waals surface area (Å²) in [5, 5.41) is 2.82. The second-order valence-corrected chi connectivity index (χ2v) is 5.41. The van der Waals surface area contributed by atoms with E-state index in [1.165, 1.54) is 5.56 Å². The molecule has 0 fully saturated rings. The molecule has 0 unspecified atom stereocenters. The molecule has 1 amide bonds. The van der Waals surface area contributed by atoms with Crippen molar-refractivity contribution in [3.05, 3.63) is 59.7 Å². The zero-order chi connectivity index (χ0) is 16.7. The van der Waals surface area contributed by atoms with E-state index in [0.29, 0.717) is 18.9 Å². The molecule has 0 aromatic heterocycles. The summed E-state index contributed by atoms with van der Waals surface area (Å²) in [4.78, 5) is 12.0. The lowest BCUT2D eigenvalue weighted by Gasteiger charge is -2.15. The molecule has 2 aromatic carbocycles. The molecule has 122 valence electrons. The van der Waals surface area contributed by atoms with E-state index in [4.69, 9.17) is 9.47 Å². The Hall–Kier alpha value is -2.49. The van der Waals surface area contributed by atoms with E-state index in [-0.39, 0.29) is 5.91 Å². The van der Waals surface area contributed by atoms with Gasteiger partial charge in [0.05, 0.1) is 6.54 Å². The monoisotopic (exact) mass is 313 g/mol. The Balaban J connectivity index is 1.73. The second-order valence-electron chi connectivity index (χ2n) is 5.41. The van der Waals surface area contributed by atoms with Gasteiger partial charge in [0.1, 0.15) is 18.1 Å². The van der Waals surface area contributed by atoms with Gasteiger partial charge < -0.3 is 14.8 Å². The fourth-order valence-corrected chi connectivity index (χ4v) is 2.12. The first-order chi connectivity index (χ1) is 11.1. The first-order valence-corrected chi connectivity index (χ1v) is 7.76. The minimum Gasteiger partial charge on any atom is -0.491 e. The van der Waals surface area contributed by atoms with E-state index in [1.54, 1.807) is 6.92 Å². The minimum absolute atomic E-state index is 0.154. The Morgan fingerprint density at radius 2 is 1.83 bits per heavy atom. The first-order valence-electron chi connectivity index (χ1n) is 7.76. The number of hydrogen-bond donors (Lipinski definition) is 1. The summed E-state index contributed by atoms with van der Waals surface area (Å²) in [7, 11) is 0. The number of carbonyl (C=O) groups is 1. The van der Waals surface area contributed by atoms with E-state index in [1.807, 2.05) is 62.4 Å². The normalized spacial score (nSPS) is 11.6. The lowest BCUT2D eigenvalue weighted by molar-refractivity contribution is -0.127. The van der Waals surface area contributed by atoms with Crippen LogP contribution in [0.4, 0.5) is 0 Å². The number of hydrogen-bond acceptors (Lipinski definition) is 3. The third-order valence-corrected chi connectivity index (χ3v) is 3.64. The summed E-state index contributed by atoms with van der Waals surface area (Å²) >= 11 is 0. The molecule has 4 nitrogen and oxygen atoms in total. The van der Waals surface area contributed by atoms with E-state index in [2.05, 4.69) is 5.32 Å². The Bertz CT molecular complexity index is 640. The second kappa shape index (κ2) is 8.22. The predicted octanol–water partition coefficient (Wildman–Crippen LogP) is 3.27. The Kier molecular flexibility index (Phi) is 6.03. The first kappa shape index (κ1) is 16.9. The topological polar surface area (TPSA) is 47.6 Å². The number of amides is 1. The quantitative estimate of drug-likeness (QED) is 0.798. The van der Waals surface area contributed by atoms with Gasteiger partial charge in [0.25, 0.3) is 5.91 Å². The zero-order valence-corrected chi connectivity index (χ0v) is 13.8. The van der Waals surface area contributed by atoms with Crippen molar-refractivity contribution in [3.8, 4) is 11.5 Å². The maximum Gasteiger partial charge on any atom is 0.260 e. The largest absolute Gasteiger partial charge is 0.491 e. The van der Waals surface area contributed by atoms with Crippen LogP contribution in [0, 0.1) is 13.8 Å². The van der Waals surface area contributed by atoms with Crippen molar-refractivity contribution in [2.75, 3.05) is 13.2 Å². The lowest BCUT2D eigenvalue weighted by atomic mass is 10.1. The van der Waals surface area contributed by atoms with Gasteiger partial charge in [-0.3, -0.25) is 4.79 Å². The van der Waals surface area contributed by atoms with Crippen molar-refractivity contribution in [1.29, 1.82) is 0 Å². The molecular formula is C19H23NO3. The summed E-state index contributed by atoms with van der Waals surface area (Å²) < 4.78 is 11.3. The van der Waals surface area contributed by atoms with Gasteiger partial charge in [0.15, 0.2) is 6.10 Å². The van der Waals surface area contributed by atoms with Crippen molar-refractivity contribution in [2.45, 2.75) is 26.9 Å². The third-order valence-electron chi connectivity index (χ3n) is 3.64. The summed E-state index contributed by atoms with van der Waals surface area (Å²) in [5.74, 6) is 1.38. The molecule has 23 heavy (non-hydrogen) atoms. The van der Waals surface area contributed by atoms with E-state index < -0.39 is 6.10 Å². The Labute approximate surface area is 137 Å². The van der Waals surface area contributed by atoms with Crippen molar-refractivity contribution < 1.29 is 14.3 Å². The van der Waals surface area contributed by atoms with Gasteiger partial charge in [-0.05, 0) is 50.1 Å². The predicted molar refractivity (Wildman–Crippen MR) is 91.0 cm³/mol. The van der Waals surface area contributed by atoms with Crippen LogP contribution in [0.5, 0.6) is 11.5 Å². The number of nitrogens with one attached hydrogen (secondary N) is 1. The summed E-state index contributed by atoms with van der Waals surface area (Å²) in [6, 6.07) is 15.3. The highest BCUT2D eigenvalue weighted by Crippen LogP contribution is 2.20. The molecule has 0 saturated heterocycles. The molecule has 0 aliphatic carbocycles. The Morgan fingerprint density at radius 3 is 2.57 bits per heavy atom. The van der Waals surface area contributed by atoms with Gasteiger partial charge in [-0.1, -0.05) is 30.3 Å². The smallest absolute Gasteiger partial charge is 0.260 e. The zero-order valence-electron chi connectivity index (χ0n) is 13.8. The van der Waals surface area contributed by atoms with Gasteiger partial charge >= 0.3 is 0 Å². The Morgan fingerprint density at radius 1 is 1.09 bits per heavy atom. The molecule has 0 aliphatic heterocycles. The van der Waals surface area contributed by atoms with Gasteiger partial charge in [-0.2, -0.15) is 0 Å². The molecule has 1 N–H and O–H groups in total. The summed E-state index contributed by atoms with van der Waals surface area (Å²) in [6.45, 7) is 6.67. The highest BCUT2D eigenvalue weighted by molar-refractivity contribution is 5.80. The van der Waals surface area contributed by atoms with Crippen LogP contribution in [-0.2, 0) is 4.79 Å². The van der Waals surface area contributed by atoms with Gasteiger partial charge in [-0.15, -0.1) is 0 Å². The van der Waals surface area contributed by atoms with E-state index in [9.17, 15) is 4.79 Å². The van der Waals surface area contributed by atoms with Gasteiger partial charge in [0.2, 0.25) is 0 Å². The number of para-hydroxylation sites is 1. The summed E-state index contributed by atoms with van der Waals surface area (Å²) in [6.07, 6.45) is -0.543.